The summed E-state index contributed by atoms with van der Waals surface area (Å²) in [5, 5.41) is 1.16. The van der Waals surface area contributed by atoms with E-state index in [1.165, 1.54) is 21.6 Å². The van der Waals surface area contributed by atoms with Gasteiger partial charge in [0.2, 0.25) is 0 Å². The summed E-state index contributed by atoms with van der Waals surface area (Å²) in [7, 11) is 0. The molecule has 90 valence electrons. The molecule has 0 fully saturated rings. The monoisotopic (exact) mass is 246 g/mol. The highest BCUT2D eigenvalue weighted by Gasteiger charge is 2.07. The standard InChI is InChI=1S/C14H18N2S/c1-9-4-10(2)6-12(5-9)7-14-16-11(3)13(8-15)17-14/h4-6H,7-8,15H2,1-3H3. The molecule has 0 atom stereocenters. The summed E-state index contributed by atoms with van der Waals surface area (Å²) >= 11 is 1.73. The van der Waals surface area contributed by atoms with E-state index in [1.807, 2.05) is 6.92 Å². The summed E-state index contributed by atoms with van der Waals surface area (Å²) in [5.41, 5.74) is 10.7. The Hall–Kier alpha value is -1.19. The fourth-order valence-corrected chi connectivity index (χ4v) is 3.08. The van der Waals surface area contributed by atoms with Gasteiger partial charge < -0.3 is 5.73 Å². The van der Waals surface area contributed by atoms with Gasteiger partial charge in [-0.1, -0.05) is 29.3 Å². The molecule has 0 aliphatic rings. The molecule has 17 heavy (non-hydrogen) atoms. The van der Waals surface area contributed by atoms with Gasteiger partial charge in [-0.25, -0.2) is 4.98 Å². The van der Waals surface area contributed by atoms with Crippen LogP contribution in [0.3, 0.4) is 0 Å². The zero-order chi connectivity index (χ0) is 12.4. The van der Waals surface area contributed by atoms with E-state index in [-0.39, 0.29) is 0 Å². The number of aryl methyl sites for hydroxylation is 3. The second-order valence-corrected chi connectivity index (χ2v) is 5.66. The van der Waals surface area contributed by atoms with Crippen molar-refractivity contribution in [3.63, 3.8) is 0 Å². The maximum Gasteiger partial charge on any atom is 0.0975 e. The van der Waals surface area contributed by atoms with Crippen LogP contribution in [-0.4, -0.2) is 4.98 Å². The minimum Gasteiger partial charge on any atom is -0.326 e. The maximum absolute atomic E-state index is 5.68. The Labute approximate surface area is 107 Å². The molecule has 0 spiro atoms. The van der Waals surface area contributed by atoms with E-state index >= 15 is 0 Å². The van der Waals surface area contributed by atoms with Crippen molar-refractivity contribution >= 4 is 11.3 Å². The Morgan fingerprint density at radius 2 is 1.76 bits per heavy atom. The predicted octanol–water partition coefficient (Wildman–Crippen LogP) is 3.12. The smallest absolute Gasteiger partial charge is 0.0975 e. The number of hydrogen-bond acceptors (Lipinski definition) is 3. The Kier molecular flexibility index (Phi) is 3.60. The first-order valence-electron chi connectivity index (χ1n) is 5.81. The minimum absolute atomic E-state index is 0.594. The van der Waals surface area contributed by atoms with Gasteiger partial charge in [-0.3, -0.25) is 0 Å². The molecule has 2 aromatic rings. The highest BCUT2D eigenvalue weighted by Crippen LogP contribution is 2.21. The number of nitrogens with zero attached hydrogens (tertiary/aromatic N) is 1. The van der Waals surface area contributed by atoms with Crippen LogP contribution in [0.5, 0.6) is 0 Å². The van der Waals surface area contributed by atoms with Crippen LogP contribution in [0.4, 0.5) is 0 Å². The van der Waals surface area contributed by atoms with Crippen molar-refractivity contribution in [3.8, 4) is 0 Å². The molecular formula is C14H18N2S. The fraction of sp³-hybridized carbons (Fsp3) is 0.357. The van der Waals surface area contributed by atoms with Gasteiger partial charge in [0, 0.05) is 17.8 Å². The summed E-state index contributed by atoms with van der Waals surface area (Å²) in [5.74, 6) is 0. The van der Waals surface area contributed by atoms with Crippen LogP contribution >= 0.6 is 11.3 Å². The van der Waals surface area contributed by atoms with E-state index in [0.29, 0.717) is 6.54 Å². The zero-order valence-corrected chi connectivity index (χ0v) is 11.4. The van der Waals surface area contributed by atoms with Crippen LogP contribution in [0, 0.1) is 20.8 Å². The molecule has 1 aromatic heterocycles. The van der Waals surface area contributed by atoms with Gasteiger partial charge in [-0.05, 0) is 26.3 Å². The van der Waals surface area contributed by atoms with E-state index < -0.39 is 0 Å². The van der Waals surface area contributed by atoms with Gasteiger partial charge in [-0.15, -0.1) is 11.3 Å². The van der Waals surface area contributed by atoms with E-state index in [1.54, 1.807) is 11.3 Å². The third kappa shape index (κ3) is 2.93. The third-order valence-electron chi connectivity index (χ3n) is 2.76. The lowest BCUT2D eigenvalue weighted by Crippen LogP contribution is -1.94. The molecule has 0 bridgehead atoms. The molecule has 0 saturated carbocycles. The summed E-state index contributed by atoms with van der Waals surface area (Å²) in [4.78, 5) is 5.77. The first-order valence-corrected chi connectivity index (χ1v) is 6.62. The van der Waals surface area contributed by atoms with Gasteiger partial charge >= 0.3 is 0 Å². The Morgan fingerprint density at radius 3 is 2.29 bits per heavy atom. The van der Waals surface area contributed by atoms with E-state index in [9.17, 15) is 0 Å². The van der Waals surface area contributed by atoms with Crippen LogP contribution in [0.1, 0.15) is 32.3 Å². The normalized spacial score (nSPS) is 10.8. The van der Waals surface area contributed by atoms with Crippen molar-refractivity contribution < 1.29 is 0 Å². The number of rotatable bonds is 3. The molecule has 3 heteroatoms. The largest absolute Gasteiger partial charge is 0.326 e. The molecule has 2 nitrogen and oxygen atoms in total. The lowest BCUT2D eigenvalue weighted by Gasteiger charge is -2.02. The predicted molar refractivity (Wildman–Crippen MR) is 73.5 cm³/mol. The van der Waals surface area contributed by atoms with Crippen molar-refractivity contribution in [2.45, 2.75) is 33.7 Å². The van der Waals surface area contributed by atoms with Crippen molar-refractivity contribution in [3.05, 3.63) is 50.5 Å². The molecule has 0 aliphatic heterocycles. The lowest BCUT2D eigenvalue weighted by atomic mass is 10.1. The number of hydrogen-bond donors (Lipinski definition) is 1. The summed E-state index contributed by atoms with van der Waals surface area (Å²) in [6.07, 6.45) is 0.911. The van der Waals surface area contributed by atoms with Gasteiger partial charge in [0.15, 0.2) is 0 Å². The second kappa shape index (κ2) is 4.98. The second-order valence-electron chi connectivity index (χ2n) is 4.49. The molecule has 1 aromatic carbocycles. The number of aromatic nitrogens is 1. The van der Waals surface area contributed by atoms with Crippen LogP contribution in [-0.2, 0) is 13.0 Å². The topological polar surface area (TPSA) is 38.9 Å². The quantitative estimate of drug-likeness (QED) is 0.903. The minimum atomic E-state index is 0.594. The molecule has 1 heterocycles. The van der Waals surface area contributed by atoms with Crippen LogP contribution in [0.2, 0.25) is 0 Å². The Morgan fingerprint density at radius 1 is 1.12 bits per heavy atom. The number of nitrogens with two attached hydrogens (primary N) is 1. The maximum atomic E-state index is 5.68. The van der Waals surface area contributed by atoms with Crippen LogP contribution in [0.15, 0.2) is 18.2 Å². The summed E-state index contributed by atoms with van der Waals surface area (Å²) in [6.45, 7) is 6.89. The Balaban J connectivity index is 2.24. The van der Waals surface area contributed by atoms with Crippen molar-refractivity contribution in [1.82, 2.24) is 4.98 Å². The average molecular weight is 246 g/mol. The van der Waals surface area contributed by atoms with Gasteiger partial charge in [0.05, 0.1) is 10.7 Å². The van der Waals surface area contributed by atoms with Gasteiger partial charge in [-0.2, -0.15) is 0 Å². The molecule has 0 unspecified atom stereocenters. The van der Waals surface area contributed by atoms with Crippen molar-refractivity contribution in [2.24, 2.45) is 5.73 Å². The molecular weight excluding hydrogens is 228 g/mol. The highest BCUT2D eigenvalue weighted by atomic mass is 32.1. The van der Waals surface area contributed by atoms with Crippen LogP contribution in [0.25, 0.3) is 0 Å². The van der Waals surface area contributed by atoms with E-state index in [0.717, 1.165) is 17.1 Å². The molecule has 2 N–H and O–H groups in total. The first kappa shape index (κ1) is 12.3. The number of benzene rings is 1. The molecule has 2 rings (SSSR count). The molecule has 0 radical (unpaired) electrons. The van der Waals surface area contributed by atoms with Crippen LogP contribution < -0.4 is 5.73 Å². The Bertz CT molecular complexity index is 509. The lowest BCUT2D eigenvalue weighted by molar-refractivity contribution is 1.04. The van der Waals surface area contributed by atoms with Gasteiger partial charge in [0.1, 0.15) is 0 Å². The van der Waals surface area contributed by atoms with Crippen molar-refractivity contribution in [2.75, 3.05) is 0 Å². The molecule has 0 saturated heterocycles. The molecule has 0 aliphatic carbocycles. The highest BCUT2D eigenvalue weighted by molar-refractivity contribution is 7.11. The average Bonchev–Trinajstić information content (AvgIpc) is 2.57. The SMILES string of the molecule is Cc1cc(C)cc(Cc2nc(C)c(CN)s2)c1. The van der Waals surface area contributed by atoms with E-state index in [4.69, 9.17) is 5.73 Å². The zero-order valence-electron chi connectivity index (χ0n) is 10.6. The third-order valence-corrected chi connectivity index (χ3v) is 3.94. The first-order chi connectivity index (χ1) is 8.08. The van der Waals surface area contributed by atoms with Gasteiger partial charge in [0.25, 0.3) is 0 Å². The molecule has 0 amide bonds. The summed E-state index contributed by atoms with van der Waals surface area (Å²) < 4.78 is 0. The van der Waals surface area contributed by atoms with Crippen molar-refractivity contribution in [1.29, 1.82) is 0 Å². The fourth-order valence-electron chi connectivity index (χ4n) is 2.10. The number of thiazole rings is 1. The summed E-state index contributed by atoms with van der Waals surface area (Å²) in [6, 6.07) is 6.65. The van der Waals surface area contributed by atoms with E-state index in [2.05, 4.69) is 37.0 Å².